The molecule has 0 aliphatic carbocycles. The van der Waals surface area contributed by atoms with Gasteiger partial charge in [0.1, 0.15) is 0 Å². The van der Waals surface area contributed by atoms with Crippen molar-refractivity contribution < 1.29 is 0 Å². The highest BCUT2D eigenvalue weighted by Crippen LogP contribution is 2.17. The molecule has 172 valence electrons. The minimum Gasteiger partial charge on any atom is -0.356 e. The first-order valence-corrected chi connectivity index (χ1v) is 11.4. The zero-order chi connectivity index (χ0) is 21.3. The number of aryl methyl sites for hydroxylation is 2. The molecule has 0 bridgehead atoms. The summed E-state index contributed by atoms with van der Waals surface area (Å²) in [5.74, 6) is 0.851. The third-order valence-corrected chi connectivity index (χ3v) is 6.00. The zero-order valence-electron chi connectivity index (χ0n) is 19.5. The summed E-state index contributed by atoms with van der Waals surface area (Å²) in [7, 11) is 1.83. The molecule has 0 amide bonds. The number of likely N-dealkylation sites (tertiary alicyclic amines) is 1. The van der Waals surface area contributed by atoms with Gasteiger partial charge in [-0.1, -0.05) is 24.6 Å². The van der Waals surface area contributed by atoms with Crippen LogP contribution in [0, 0.1) is 13.8 Å². The molecule has 3 rings (SSSR count). The summed E-state index contributed by atoms with van der Waals surface area (Å²) < 4.78 is 2.02. The first-order valence-electron chi connectivity index (χ1n) is 11.4. The topological polar surface area (TPSA) is 57.5 Å². The number of unbranched alkanes of at least 4 members (excludes halogenated alkanes) is 1. The van der Waals surface area contributed by atoms with Crippen LogP contribution >= 0.6 is 24.0 Å². The number of guanidine groups is 1. The maximum atomic E-state index is 4.64. The fourth-order valence-electron chi connectivity index (χ4n) is 4.28. The number of benzene rings is 1. The number of piperidine rings is 1. The number of hydrogen-bond acceptors (Lipinski definition) is 3. The van der Waals surface area contributed by atoms with Crippen molar-refractivity contribution in [2.45, 2.75) is 65.5 Å². The Hall–Kier alpha value is -1.61. The molecular formula is C24H39IN6. The molecular weight excluding hydrogens is 499 g/mol. The number of hydrogen-bond donors (Lipinski definition) is 2. The van der Waals surface area contributed by atoms with Crippen molar-refractivity contribution in [3.05, 3.63) is 47.3 Å². The summed E-state index contributed by atoms with van der Waals surface area (Å²) >= 11 is 0. The van der Waals surface area contributed by atoms with Gasteiger partial charge in [-0.15, -0.1) is 24.0 Å². The van der Waals surface area contributed by atoms with Crippen LogP contribution in [0.15, 0.2) is 35.3 Å². The van der Waals surface area contributed by atoms with Gasteiger partial charge in [0.25, 0.3) is 0 Å². The van der Waals surface area contributed by atoms with Crippen molar-refractivity contribution >= 4 is 29.9 Å². The Labute approximate surface area is 204 Å². The highest BCUT2D eigenvalue weighted by Gasteiger charge is 2.17. The molecule has 1 unspecified atom stereocenters. The lowest BCUT2D eigenvalue weighted by molar-refractivity contribution is 0.158. The molecule has 0 radical (unpaired) electrons. The van der Waals surface area contributed by atoms with Crippen LogP contribution < -0.4 is 10.6 Å². The van der Waals surface area contributed by atoms with E-state index in [-0.39, 0.29) is 24.0 Å². The van der Waals surface area contributed by atoms with Gasteiger partial charge in [0.2, 0.25) is 0 Å². The van der Waals surface area contributed by atoms with Gasteiger partial charge in [-0.25, -0.2) is 4.68 Å². The Morgan fingerprint density at radius 2 is 1.97 bits per heavy atom. The summed E-state index contributed by atoms with van der Waals surface area (Å²) in [5.41, 5.74) is 4.49. The molecule has 1 atom stereocenters. The third-order valence-electron chi connectivity index (χ3n) is 6.00. The van der Waals surface area contributed by atoms with E-state index in [2.05, 4.69) is 69.8 Å². The van der Waals surface area contributed by atoms with Crippen molar-refractivity contribution in [2.24, 2.45) is 4.99 Å². The van der Waals surface area contributed by atoms with Crippen molar-refractivity contribution in [2.75, 3.05) is 26.7 Å². The summed E-state index contributed by atoms with van der Waals surface area (Å²) in [4.78, 5) is 7.03. The average molecular weight is 539 g/mol. The minimum absolute atomic E-state index is 0. The van der Waals surface area contributed by atoms with Gasteiger partial charge in [-0.05, 0) is 77.2 Å². The van der Waals surface area contributed by atoms with Gasteiger partial charge in [-0.2, -0.15) is 5.10 Å². The molecule has 1 aliphatic heterocycles. The SMILES string of the molecule is CN=C(NCCCCN1CCCCC1C)NCc1ccccc1-n1nc(C)cc1C.I. The summed E-state index contributed by atoms with van der Waals surface area (Å²) in [6.07, 6.45) is 6.50. The fraction of sp³-hybridized carbons (Fsp3) is 0.583. The number of rotatable bonds is 8. The van der Waals surface area contributed by atoms with Crippen LogP contribution in [0.25, 0.3) is 5.69 Å². The predicted molar refractivity (Wildman–Crippen MR) is 141 cm³/mol. The quantitative estimate of drug-likeness (QED) is 0.226. The number of halogens is 1. The molecule has 2 heterocycles. The van der Waals surface area contributed by atoms with Crippen LogP contribution in [0.5, 0.6) is 0 Å². The van der Waals surface area contributed by atoms with Crippen LogP contribution in [-0.2, 0) is 6.54 Å². The van der Waals surface area contributed by atoms with Gasteiger partial charge < -0.3 is 15.5 Å². The van der Waals surface area contributed by atoms with Crippen LogP contribution in [-0.4, -0.2) is 53.4 Å². The van der Waals surface area contributed by atoms with Crippen LogP contribution in [0.1, 0.15) is 56.0 Å². The lowest BCUT2D eigenvalue weighted by Crippen LogP contribution is -2.39. The molecule has 31 heavy (non-hydrogen) atoms. The Kier molecular flexibility index (Phi) is 10.8. The first kappa shape index (κ1) is 25.6. The molecule has 2 aromatic rings. The average Bonchev–Trinajstić information content (AvgIpc) is 3.09. The maximum absolute atomic E-state index is 4.64. The molecule has 0 spiro atoms. The van der Waals surface area contributed by atoms with E-state index in [1.165, 1.54) is 44.3 Å². The lowest BCUT2D eigenvalue weighted by Gasteiger charge is -2.33. The number of aliphatic imine (C=N–C) groups is 1. The van der Waals surface area contributed by atoms with E-state index in [9.17, 15) is 0 Å². The molecule has 1 aliphatic rings. The summed E-state index contributed by atoms with van der Waals surface area (Å²) in [5, 5.41) is 11.6. The smallest absolute Gasteiger partial charge is 0.191 e. The summed E-state index contributed by atoms with van der Waals surface area (Å²) in [6, 6.07) is 11.3. The van der Waals surface area contributed by atoms with E-state index in [1.54, 1.807) is 0 Å². The molecule has 1 fully saturated rings. The van der Waals surface area contributed by atoms with E-state index < -0.39 is 0 Å². The number of aromatic nitrogens is 2. The Balaban J connectivity index is 0.00000341. The molecule has 7 heteroatoms. The monoisotopic (exact) mass is 538 g/mol. The molecule has 6 nitrogen and oxygen atoms in total. The van der Waals surface area contributed by atoms with Crippen LogP contribution in [0.3, 0.4) is 0 Å². The second kappa shape index (κ2) is 13.1. The number of para-hydroxylation sites is 1. The van der Waals surface area contributed by atoms with Gasteiger partial charge >= 0.3 is 0 Å². The largest absolute Gasteiger partial charge is 0.356 e. The second-order valence-corrected chi connectivity index (χ2v) is 8.41. The van der Waals surface area contributed by atoms with Crippen LogP contribution in [0.4, 0.5) is 0 Å². The zero-order valence-corrected chi connectivity index (χ0v) is 21.9. The Bertz CT molecular complexity index is 831. The number of nitrogens with one attached hydrogen (secondary N) is 2. The highest BCUT2D eigenvalue weighted by atomic mass is 127. The van der Waals surface area contributed by atoms with E-state index >= 15 is 0 Å². The van der Waals surface area contributed by atoms with Gasteiger partial charge in [0.15, 0.2) is 5.96 Å². The second-order valence-electron chi connectivity index (χ2n) is 8.41. The normalized spacial score (nSPS) is 17.3. The van der Waals surface area contributed by atoms with E-state index in [4.69, 9.17) is 0 Å². The predicted octanol–water partition coefficient (Wildman–Crippen LogP) is 4.43. The fourth-order valence-corrected chi connectivity index (χ4v) is 4.28. The van der Waals surface area contributed by atoms with Gasteiger partial charge in [0, 0.05) is 31.9 Å². The lowest BCUT2D eigenvalue weighted by atomic mass is 10.0. The Morgan fingerprint density at radius 3 is 2.68 bits per heavy atom. The van der Waals surface area contributed by atoms with Crippen molar-refractivity contribution in [1.82, 2.24) is 25.3 Å². The van der Waals surface area contributed by atoms with E-state index in [0.717, 1.165) is 42.0 Å². The number of nitrogens with zero attached hydrogens (tertiary/aromatic N) is 4. The Morgan fingerprint density at radius 1 is 1.16 bits per heavy atom. The van der Waals surface area contributed by atoms with Crippen LogP contribution in [0.2, 0.25) is 0 Å². The third kappa shape index (κ3) is 7.49. The molecule has 1 aromatic heterocycles. The van der Waals surface area contributed by atoms with Gasteiger partial charge in [0.05, 0.1) is 11.4 Å². The van der Waals surface area contributed by atoms with E-state index in [0.29, 0.717) is 6.54 Å². The molecule has 1 aromatic carbocycles. The summed E-state index contributed by atoms with van der Waals surface area (Å²) in [6.45, 7) is 10.6. The van der Waals surface area contributed by atoms with Crippen molar-refractivity contribution in [3.8, 4) is 5.69 Å². The molecule has 2 N–H and O–H groups in total. The van der Waals surface area contributed by atoms with Crippen molar-refractivity contribution in [1.29, 1.82) is 0 Å². The van der Waals surface area contributed by atoms with Crippen molar-refractivity contribution in [3.63, 3.8) is 0 Å². The molecule has 1 saturated heterocycles. The minimum atomic E-state index is 0. The molecule has 0 saturated carbocycles. The van der Waals surface area contributed by atoms with E-state index in [1.807, 2.05) is 18.7 Å². The standard InChI is InChI=1S/C24H38N6.HI/c1-19-17-21(3)30(28-19)23-13-6-5-12-22(23)18-27-24(25-4)26-14-8-10-16-29-15-9-7-11-20(29)2;/h5-6,12-13,17,20H,7-11,14-16,18H2,1-4H3,(H2,25,26,27);1H. The maximum Gasteiger partial charge on any atom is 0.191 e. The highest BCUT2D eigenvalue weighted by molar-refractivity contribution is 14.0. The first-order chi connectivity index (χ1) is 14.6. The van der Waals surface area contributed by atoms with Gasteiger partial charge in [-0.3, -0.25) is 4.99 Å².